The molecular weight excluding hydrogens is 380 g/mol. The largest absolute Gasteiger partial charge is 0.322 e. The van der Waals surface area contributed by atoms with Crippen molar-refractivity contribution in [3.63, 3.8) is 0 Å². The summed E-state index contributed by atoms with van der Waals surface area (Å²) in [6, 6.07) is 23.1. The highest BCUT2D eigenvalue weighted by molar-refractivity contribution is 8.00. The molecule has 1 saturated heterocycles. The number of aryl methyl sites for hydroxylation is 2. The molecule has 5 heteroatoms. The van der Waals surface area contributed by atoms with E-state index in [1.54, 1.807) is 11.8 Å². The zero-order valence-corrected chi connectivity index (χ0v) is 17.2. The van der Waals surface area contributed by atoms with Gasteiger partial charge in [-0.3, -0.25) is 14.5 Å². The normalized spacial score (nSPS) is 16.1. The lowest BCUT2D eigenvalue weighted by Gasteiger charge is -2.26. The molecule has 4 rings (SSSR count). The second-order valence-electron chi connectivity index (χ2n) is 7.17. The fourth-order valence-corrected chi connectivity index (χ4v) is 4.58. The SMILES string of the molecule is Cc1ccc(C(=O)Nc2ccccc2[C@@H]2SCC(=O)N2c2ccc(C)cc2)cc1. The van der Waals surface area contributed by atoms with Crippen molar-refractivity contribution in [3.05, 3.63) is 95.1 Å². The van der Waals surface area contributed by atoms with Gasteiger partial charge in [0, 0.05) is 22.5 Å². The van der Waals surface area contributed by atoms with Crippen LogP contribution in [-0.2, 0) is 4.79 Å². The third kappa shape index (κ3) is 4.05. The molecule has 0 unspecified atom stereocenters. The summed E-state index contributed by atoms with van der Waals surface area (Å²) in [6.07, 6.45) is 0. The Morgan fingerprint density at radius 3 is 2.24 bits per heavy atom. The number of thioether (sulfide) groups is 1. The first-order chi connectivity index (χ1) is 14.0. The van der Waals surface area contributed by atoms with E-state index in [1.165, 1.54) is 0 Å². The van der Waals surface area contributed by atoms with Crippen LogP contribution in [0.4, 0.5) is 11.4 Å². The number of amides is 2. The van der Waals surface area contributed by atoms with Crippen molar-refractivity contribution < 1.29 is 9.59 Å². The second kappa shape index (κ2) is 8.13. The summed E-state index contributed by atoms with van der Waals surface area (Å²) in [5, 5.41) is 2.85. The van der Waals surface area contributed by atoms with E-state index in [9.17, 15) is 9.59 Å². The minimum Gasteiger partial charge on any atom is -0.322 e. The van der Waals surface area contributed by atoms with Crippen LogP contribution in [0.1, 0.15) is 32.4 Å². The maximum atomic E-state index is 12.7. The van der Waals surface area contributed by atoms with Gasteiger partial charge in [0.25, 0.3) is 5.91 Å². The summed E-state index contributed by atoms with van der Waals surface area (Å²) >= 11 is 1.57. The van der Waals surface area contributed by atoms with E-state index in [0.29, 0.717) is 11.3 Å². The molecule has 146 valence electrons. The quantitative estimate of drug-likeness (QED) is 0.641. The maximum absolute atomic E-state index is 12.7. The summed E-state index contributed by atoms with van der Waals surface area (Å²) < 4.78 is 0. The number of nitrogens with zero attached hydrogens (tertiary/aromatic N) is 1. The highest BCUT2D eigenvalue weighted by Gasteiger charge is 2.35. The van der Waals surface area contributed by atoms with Crippen molar-refractivity contribution in [2.45, 2.75) is 19.2 Å². The van der Waals surface area contributed by atoms with Crippen LogP contribution in [0.25, 0.3) is 0 Å². The molecule has 0 bridgehead atoms. The lowest BCUT2D eigenvalue weighted by atomic mass is 10.1. The predicted octanol–water partition coefficient (Wildman–Crippen LogP) is 5.33. The molecule has 2 amide bonds. The van der Waals surface area contributed by atoms with E-state index in [2.05, 4.69) is 5.32 Å². The molecule has 1 N–H and O–H groups in total. The first-order valence-corrected chi connectivity index (χ1v) is 10.5. The van der Waals surface area contributed by atoms with Crippen LogP contribution in [0.15, 0.2) is 72.8 Å². The second-order valence-corrected chi connectivity index (χ2v) is 8.24. The highest BCUT2D eigenvalue weighted by atomic mass is 32.2. The maximum Gasteiger partial charge on any atom is 0.255 e. The average Bonchev–Trinajstić information content (AvgIpc) is 3.11. The Morgan fingerprint density at radius 2 is 1.55 bits per heavy atom. The number of nitrogens with one attached hydrogen (secondary N) is 1. The van der Waals surface area contributed by atoms with Crippen LogP contribution >= 0.6 is 11.8 Å². The number of carbonyl (C=O) groups excluding carboxylic acids is 2. The van der Waals surface area contributed by atoms with E-state index in [1.807, 2.05) is 91.5 Å². The first-order valence-electron chi connectivity index (χ1n) is 9.50. The molecule has 1 aliphatic heterocycles. The summed E-state index contributed by atoms with van der Waals surface area (Å²) in [5.74, 6) is 0.330. The molecule has 1 fully saturated rings. The van der Waals surface area contributed by atoms with Gasteiger partial charge in [-0.05, 0) is 44.2 Å². The Labute approximate surface area is 174 Å². The Bertz CT molecular complexity index is 1050. The van der Waals surface area contributed by atoms with Gasteiger partial charge in [0.2, 0.25) is 5.91 Å². The molecule has 3 aromatic rings. The number of hydrogen-bond acceptors (Lipinski definition) is 3. The fraction of sp³-hybridized carbons (Fsp3) is 0.167. The third-order valence-corrected chi connectivity index (χ3v) is 6.16. The zero-order valence-electron chi connectivity index (χ0n) is 16.4. The van der Waals surface area contributed by atoms with Gasteiger partial charge in [0.15, 0.2) is 0 Å². The van der Waals surface area contributed by atoms with Crippen molar-refractivity contribution in [2.24, 2.45) is 0 Å². The van der Waals surface area contributed by atoms with Gasteiger partial charge in [-0.15, -0.1) is 11.8 Å². The molecule has 1 heterocycles. The standard InChI is InChI=1S/C24H22N2O2S/c1-16-7-11-18(12-8-16)23(28)25-21-6-4-3-5-20(21)24-26(22(27)15-29-24)19-13-9-17(2)10-14-19/h3-14,24H,15H2,1-2H3,(H,25,28)/t24-/m0/s1. The van der Waals surface area contributed by atoms with Gasteiger partial charge in [0.1, 0.15) is 5.37 Å². The lowest BCUT2D eigenvalue weighted by molar-refractivity contribution is -0.115. The van der Waals surface area contributed by atoms with Gasteiger partial charge in [0.05, 0.1) is 5.75 Å². The average molecular weight is 403 g/mol. The summed E-state index contributed by atoms with van der Waals surface area (Å²) in [5.41, 5.74) is 5.38. The molecule has 0 spiro atoms. The molecule has 0 aliphatic carbocycles. The van der Waals surface area contributed by atoms with E-state index in [-0.39, 0.29) is 17.2 Å². The van der Waals surface area contributed by atoms with Crippen molar-refractivity contribution in [1.82, 2.24) is 0 Å². The molecule has 4 nitrogen and oxygen atoms in total. The number of rotatable bonds is 4. The predicted molar refractivity (Wildman–Crippen MR) is 119 cm³/mol. The van der Waals surface area contributed by atoms with Gasteiger partial charge in [-0.1, -0.05) is 53.6 Å². The van der Waals surface area contributed by atoms with Gasteiger partial charge >= 0.3 is 0 Å². The van der Waals surface area contributed by atoms with Gasteiger partial charge in [-0.25, -0.2) is 0 Å². The van der Waals surface area contributed by atoms with Crippen LogP contribution in [0.5, 0.6) is 0 Å². The van der Waals surface area contributed by atoms with Crippen LogP contribution in [0, 0.1) is 13.8 Å². The third-order valence-electron chi connectivity index (χ3n) is 4.97. The van der Waals surface area contributed by atoms with Crippen molar-refractivity contribution in [3.8, 4) is 0 Å². The van der Waals surface area contributed by atoms with E-state index in [4.69, 9.17) is 0 Å². The Hall–Kier alpha value is -3.05. The van der Waals surface area contributed by atoms with Crippen LogP contribution in [-0.4, -0.2) is 17.6 Å². The van der Waals surface area contributed by atoms with E-state index in [0.717, 1.165) is 28.1 Å². The number of hydrogen-bond donors (Lipinski definition) is 1. The molecule has 3 aromatic carbocycles. The van der Waals surface area contributed by atoms with Crippen LogP contribution < -0.4 is 10.2 Å². The highest BCUT2D eigenvalue weighted by Crippen LogP contribution is 2.44. The van der Waals surface area contributed by atoms with Crippen molar-refractivity contribution in [1.29, 1.82) is 0 Å². The minimum atomic E-state index is -0.181. The topological polar surface area (TPSA) is 49.4 Å². The molecule has 1 atom stereocenters. The molecule has 29 heavy (non-hydrogen) atoms. The Kier molecular flexibility index (Phi) is 5.41. The van der Waals surface area contributed by atoms with Crippen LogP contribution in [0.3, 0.4) is 0 Å². The number of anilines is 2. The van der Waals surface area contributed by atoms with Crippen LogP contribution in [0.2, 0.25) is 0 Å². The number of benzene rings is 3. The fourth-order valence-electron chi connectivity index (χ4n) is 3.36. The van der Waals surface area contributed by atoms with Gasteiger partial charge < -0.3 is 5.32 Å². The van der Waals surface area contributed by atoms with Crippen molar-refractivity contribution >= 4 is 35.0 Å². The molecule has 0 radical (unpaired) electrons. The molecular formula is C24H22N2O2S. The summed E-state index contributed by atoms with van der Waals surface area (Å²) in [6.45, 7) is 4.02. The minimum absolute atomic E-state index is 0.0727. The summed E-state index contributed by atoms with van der Waals surface area (Å²) in [4.78, 5) is 27.2. The smallest absolute Gasteiger partial charge is 0.255 e. The Morgan fingerprint density at radius 1 is 0.931 bits per heavy atom. The number of carbonyl (C=O) groups is 2. The Balaban J connectivity index is 1.65. The van der Waals surface area contributed by atoms with E-state index < -0.39 is 0 Å². The lowest BCUT2D eigenvalue weighted by Crippen LogP contribution is -2.28. The number of para-hydroxylation sites is 1. The van der Waals surface area contributed by atoms with Crippen molar-refractivity contribution in [2.75, 3.05) is 16.0 Å². The molecule has 0 saturated carbocycles. The van der Waals surface area contributed by atoms with Gasteiger partial charge in [-0.2, -0.15) is 0 Å². The summed E-state index contributed by atoms with van der Waals surface area (Å²) in [7, 11) is 0. The zero-order chi connectivity index (χ0) is 20.4. The molecule has 1 aliphatic rings. The monoisotopic (exact) mass is 402 g/mol. The molecule has 0 aromatic heterocycles. The first kappa shape index (κ1) is 19.3. The van der Waals surface area contributed by atoms with E-state index >= 15 is 0 Å².